The van der Waals surface area contributed by atoms with Gasteiger partial charge in [0.2, 0.25) is 0 Å². The average Bonchev–Trinajstić information content (AvgIpc) is 2.95. The number of nitrogens with zero attached hydrogens (tertiary/aromatic N) is 1. The zero-order valence-corrected chi connectivity index (χ0v) is 11.5. The van der Waals surface area contributed by atoms with Crippen molar-refractivity contribution in [1.82, 2.24) is 9.55 Å². The van der Waals surface area contributed by atoms with E-state index >= 15 is 0 Å². The summed E-state index contributed by atoms with van der Waals surface area (Å²) < 4.78 is 6.80. The van der Waals surface area contributed by atoms with Gasteiger partial charge in [-0.1, -0.05) is 0 Å². The fourth-order valence-electron chi connectivity index (χ4n) is 2.09. The Balaban J connectivity index is 2.20. The van der Waals surface area contributed by atoms with Crippen LogP contribution in [0.4, 0.5) is 0 Å². The predicted octanol–water partition coefficient (Wildman–Crippen LogP) is 2.40. The normalized spacial score (nSPS) is 10.9. The standard InChI is InChI=1S/C14H10N2O4S/c17-12-10-4-3-8(13(18)19)6-11(10)15-14(21)16(12)7-9-2-1-5-20-9/h1-6H,7H2,(H,15,21)(H,18,19). The van der Waals surface area contributed by atoms with E-state index in [1.807, 2.05) is 0 Å². The van der Waals surface area contributed by atoms with Crippen molar-refractivity contribution in [2.24, 2.45) is 0 Å². The van der Waals surface area contributed by atoms with Crippen molar-refractivity contribution in [3.05, 3.63) is 63.0 Å². The van der Waals surface area contributed by atoms with Gasteiger partial charge in [0.25, 0.3) is 5.56 Å². The number of hydrogen-bond acceptors (Lipinski definition) is 4. The Hall–Kier alpha value is -2.67. The van der Waals surface area contributed by atoms with E-state index in [-0.39, 0.29) is 22.4 Å². The van der Waals surface area contributed by atoms with E-state index in [9.17, 15) is 9.59 Å². The van der Waals surface area contributed by atoms with Gasteiger partial charge in [-0.3, -0.25) is 9.36 Å². The second-order valence-corrected chi connectivity index (χ2v) is 4.85. The van der Waals surface area contributed by atoms with Crippen molar-refractivity contribution in [3.8, 4) is 0 Å². The molecule has 0 saturated heterocycles. The van der Waals surface area contributed by atoms with E-state index in [0.717, 1.165) is 0 Å². The van der Waals surface area contributed by atoms with Crippen LogP contribution < -0.4 is 5.56 Å². The number of fused-ring (bicyclic) bond motifs is 1. The number of nitrogens with one attached hydrogen (secondary N) is 1. The summed E-state index contributed by atoms with van der Waals surface area (Å²) >= 11 is 5.17. The van der Waals surface area contributed by atoms with Gasteiger partial charge in [-0.05, 0) is 42.5 Å². The first kappa shape index (κ1) is 13.3. The molecule has 6 nitrogen and oxygen atoms in total. The van der Waals surface area contributed by atoms with Gasteiger partial charge in [0.05, 0.1) is 29.3 Å². The third-order valence-corrected chi connectivity index (χ3v) is 3.45. The van der Waals surface area contributed by atoms with E-state index in [2.05, 4.69) is 4.98 Å². The van der Waals surface area contributed by atoms with Crippen LogP contribution in [0.25, 0.3) is 10.9 Å². The second kappa shape index (κ2) is 5.02. The monoisotopic (exact) mass is 302 g/mol. The molecule has 0 spiro atoms. The number of rotatable bonds is 3. The first-order chi connectivity index (χ1) is 10.1. The molecule has 2 heterocycles. The van der Waals surface area contributed by atoms with Crippen molar-refractivity contribution in [1.29, 1.82) is 0 Å². The van der Waals surface area contributed by atoms with Gasteiger partial charge in [-0.15, -0.1) is 0 Å². The fourth-order valence-corrected chi connectivity index (χ4v) is 2.35. The first-order valence-corrected chi connectivity index (χ1v) is 6.49. The number of furan rings is 1. The fraction of sp³-hybridized carbons (Fsp3) is 0.0714. The summed E-state index contributed by atoms with van der Waals surface area (Å²) in [6.45, 7) is 0.220. The lowest BCUT2D eigenvalue weighted by Crippen LogP contribution is -2.22. The molecular formula is C14H10N2O4S. The molecule has 21 heavy (non-hydrogen) atoms. The number of carboxylic acids is 1. The third-order valence-electron chi connectivity index (χ3n) is 3.12. The van der Waals surface area contributed by atoms with Crippen LogP contribution >= 0.6 is 12.2 Å². The lowest BCUT2D eigenvalue weighted by atomic mass is 10.1. The third kappa shape index (κ3) is 2.38. The topological polar surface area (TPSA) is 88.2 Å². The summed E-state index contributed by atoms with van der Waals surface area (Å²) in [4.78, 5) is 26.3. The highest BCUT2D eigenvalue weighted by Crippen LogP contribution is 2.11. The Morgan fingerprint density at radius 2 is 2.19 bits per heavy atom. The van der Waals surface area contributed by atoms with Crippen LogP contribution in [0.1, 0.15) is 16.1 Å². The molecule has 0 amide bonds. The SMILES string of the molecule is O=C(O)c1ccc2c(=O)n(Cc3ccco3)c(=S)[nH]c2c1. The predicted molar refractivity (Wildman–Crippen MR) is 78.2 cm³/mol. The average molecular weight is 302 g/mol. The molecule has 2 N–H and O–H groups in total. The van der Waals surface area contributed by atoms with E-state index < -0.39 is 5.97 Å². The maximum atomic E-state index is 12.4. The summed E-state index contributed by atoms with van der Waals surface area (Å²) in [5.41, 5.74) is 0.207. The van der Waals surface area contributed by atoms with Crippen LogP contribution in [0, 0.1) is 4.77 Å². The van der Waals surface area contributed by atoms with Gasteiger partial charge in [0.1, 0.15) is 5.76 Å². The number of benzene rings is 1. The first-order valence-electron chi connectivity index (χ1n) is 6.09. The zero-order valence-electron chi connectivity index (χ0n) is 10.7. The minimum Gasteiger partial charge on any atom is -0.478 e. The molecule has 0 aliphatic rings. The van der Waals surface area contributed by atoms with E-state index in [0.29, 0.717) is 16.7 Å². The lowest BCUT2D eigenvalue weighted by molar-refractivity contribution is 0.0697. The molecule has 0 fully saturated rings. The Morgan fingerprint density at radius 1 is 1.38 bits per heavy atom. The second-order valence-electron chi connectivity index (χ2n) is 4.47. The van der Waals surface area contributed by atoms with Crippen LogP contribution in [0.15, 0.2) is 45.8 Å². The van der Waals surface area contributed by atoms with Gasteiger partial charge in [-0.2, -0.15) is 0 Å². The van der Waals surface area contributed by atoms with Crippen molar-refractivity contribution in [2.75, 3.05) is 0 Å². The Labute approximate surface area is 123 Å². The summed E-state index contributed by atoms with van der Waals surface area (Å²) in [6, 6.07) is 7.74. The van der Waals surface area contributed by atoms with Crippen LogP contribution in [0.5, 0.6) is 0 Å². The number of carbonyl (C=O) groups is 1. The van der Waals surface area contributed by atoms with E-state index in [4.69, 9.17) is 21.7 Å². The highest BCUT2D eigenvalue weighted by molar-refractivity contribution is 7.71. The van der Waals surface area contributed by atoms with Crippen LogP contribution in [-0.2, 0) is 6.54 Å². The molecular weight excluding hydrogens is 292 g/mol. The molecule has 0 aliphatic carbocycles. The van der Waals surface area contributed by atoms with Gasteiger partial charge < -0.3 is 14.5 Å². The summed E-state index contributed by atoms with van der Waals surface area (Å²) in [7, 11) is 0. The highest BCUT2D eigenvalue weighted by atomic mass is 32.1. The molecule has 0 unspecified atom stereocenters. The Kier molecular flexibility index (Phi) is 3.19. The number of aromatic nitrogens is 2. The lowest BCUT2D eigenvalue weighted by Gasteiger charge is -2.07. The summed E-state index contributed by atoms with van der Waals surface area (Å²) in [5, 5.41) is 9.35. The molecule has 1 aromatic carbocycles. The molecule has 0 bridgehead atoms. The molecule has 106 valence electrons. The quantitative estimate of drug-likeness (QED) is 0.725. The van der Waals surface area contributed by atoms with Crippen LogP contribution in [0.2, 0.25) is 0 Å². The molecule has 0 aliphatic heterocycles. The number of aromatic carboxylic acids is 1. The zero-order chi connectivity index (χ0) is 15.0. The number of H-pyrrole nitrogens is 1. The number of carboxylic acid groups (broad SMARTS) is 1. The molecule has 3 rings (SSSR count). The number of aromatic amines is 1. The maximum Gasteiger partial charge on any atom is 0.335 e. The Bertz CT molecular complexity index is 938. The number of hydrogen-bond donors (Lipinski definition) is 2. The largest absolute Gasteiger partial charge is 0.478 e. The van der Waals surface area contributed by atoms with Gasteiger partial charge in [0.15, 0.2) is 4.77 Å². The Morgan fingerprint density at radius 3 is 2.86 bits per heavy atom. The van der Waals surface area contributed by atoms with Gasteiger partial charge >= 0.3 is 5.97 Å². The van der Waals surface area contributed by atoms with Gasteiger partial charge in [0, 0.05) is 0 Å². The van der Waals surface area contributed by atoms with Crippen LogP contribution in [0.3, 0.4) is 0 Å². The van der Waals surface area contributed by atoms with Crippen molar-refractivity contribution in [2.45, 2.75) is 6.54 Å². The molecule has 7 heteroatoms. The molecule has 0 saturated carbocycles. The molecule has 0 radical (unpaired) electrons. The minimum absolute atomic E-state index is 0.0938. The van der Waals surface area contributed by atoms with E-state index in [1.165, 1.54) is 29.0 Å². The maximum absolute atomic E-state index is 12.4. The molecule has 3 aromatic rings. The van der Waals surface area contributed by atoms with Crippen LogP contribution in [-0.4, -0.2) is 20.6 Å². The van der Waals surface area contributed by atoms with E-state index in [1.54, 1.807) is 12.1 Å². The smallest absolute Gasteiger partial charge is 0.335 e. The summed E-state index contributed by atoms with van der Waals surface area (Å²) in [6.07, 6.45) is 1.52. The van der Waals surface area contributed by atoms with Crippen molar-refractivity contribution in [3.63, 3.8) is 0 Å². The molecule has 2 aromatic heterocycles. The van der Waals surface area contributed by atoms with Crippen molar-refractivity contribution >= 4 is 29.1 Å². The van der Waals surface area contributed by atoms with Gasteiger partial charge in [-0.25, -0.2) is 4.79 Å². The van der Waals surface area contributed by atoms with Crippen molar-refractivity contribution < 1.29 is 14.3 Å². The molecule has 0 atom stereocenters. The highest BCUT2D eigenvalue weighted by Gasteiger charge is 2.10. The summed E-state index contributed by atoms with van der Waals surface area (Å²) in [5.74, 6) is -0.450. The minimum atomic E-state index is -1.06.